The molecule has 2 aliphatic rings. The first-order chi connectivity index (χ1) is 6.27. The molecule has 2 heterocycles. The maximum atomic E-state index is 10.5. The number of carboxylic acid groups (broad SMARTS) is 1. The van der Waals surface area contributed by atoms with Crippen LogP contribution in [0.2, 0.25) is 0 Å². The molecule has 0 aromatic heterocycles. The highest BCUT2D eigenvalue weighted by molar-refractivity contribution is 5.66. The molecule has 0 bridgehead atoms. The molecular weight excluding hydrogens is 172 g/mol. The summed E-state index contributed by atoms with van der Waals surface area (Å²) in [6.07, 6.45) is -0.801. The van der Waals surface area contributed by atoms with Crippen LogP contribution >= 0.6 is 0 Å². The quantitative estimate of drug-likeness (QED) is 0.610. The molecule has 5 nitrogen and oxygen atoms in total. The summed E-state index contributed by atoms with van der Waals surface area (Å²) < 4.78 is 5.22. The topological polar surface area (TPSA) is 53.0 Å². The second-order valence-corrected chi connectivity index (χ2v) is 3.49. The Morgan fingerprint density at radius 3 is 2.46 bits per heavy atom. The third-order valence-electron chi connectivity index (χ3n) is 2.69. The van der Waals surface area contributed by atoms with E-state index in [2.05, 4.69) is 4.90 Å². The molecule has 1 amide bonds. The van der Waals surface area contributed by atoms with Crippen LogP contribution in [0.3, 0.4) is 0 Å². The first-order valence-corrected chi connectivity index (χ1v) is 4.57. The van der Waals surface area contributed by atoms with Gasteiger partial charge in [0.25, 0.3) is 0 Å². The van der Waals surface area contributed by atoms with Crippen LogP contribution in [0.15, 0.2) is 0 Å². The van der Waals surface area contributed by atoms with E-state index in [1.807, 2.05) is 0 Å². The zero-order valence-electron chi connectivity index (χ0n) is 7.48. The summed E-state index contributed by atoms with van der Waals surface area (Å²) in [7, 11) is 0. The number of carbonyl (C=O) groups is 1. The van der Waals surface area contributed by atoms with Crippen molar-refractivity contribution in [3.8, 4) is 0 Å². The van der Waals surface area contributed by atoms with Crippen LogP contribution in [-0.2, 0) is 4.74 Å². The van der Waals surface area contributed by atoms with Crippen molar-refractivity contribution in [2.75, 3.05) is 39.4 Å². The van der Waals surface area contributed by atoms with Gasteiger partial charge in [-0.1, -0.05) is 0 Å². The number of nitrogens with zero attached hydrogens (tertiary/aromatic N) is 2. The molecule has 74 valence electrons. The van der Waals surface area contributed by atoms with Gasteiger partial charge in [-0.2, -0.15) is 0 Å². The zero-order chi connectivity index (χ0) is 9.26. The zero-order valence-corrected chi connectivity index (χ0v) is 7.48. The van der Waals surface area contributed by atoms with Crippen molar-refractivity contribution in [2.24, 2.45) is 0 Å². The van der Waals surface area contributed by atoms with Crippen LogP contribution < -0.4 is 0 Å². The van der Waals surface area contributed by atoms with Gasteiger partial charge in [0.15, 0.2) is 0 Å². The lowest BCUT2D eigenvalue weighted by molar-refractivity contribution is -0.0260. The maximum Gasteiger partial charge on any atom is 0.407 e. The first-order valence-electron chi connectivity index (χ1n) is 4.57. The molecule has 0 aromatic rings. The average Bonchev–Trinajstić information content (AvgIpc) is 2.02. The number of hydrogen-bond donors (Lipinski definition) is 1. The van der Waals surface area contributed by atoms with Crippen LogP contribution in [0.5, 0.6) is 0 Å². The molecule has 0 unspecified atom stereocenters. The molecular formula is C8H14N2O3. The van der Waals surface area contributed by atoms with Crippen LogP contribution in [0.1, 0.15) is 0 Å². The molecule has 2 fully saturated rings. The molecule has 0 aliphatic carbocycles. The molecule has 2 saturated heterocycles. The molecule has 5 heteroatoms. The van der Waals surface area contributed by atoms with Gasteiger partial charge in [-0.15, -0.1) is 0 Å². The summed E-state index contributed by atoms with van der Waals surface area (Å²) in [5.41, 5.74) is 0. The van der Waals surface area contributed by atoms with Crippen molar-refractivity contribution >= 4 is 6.09 Å². The summed E-state index contributed by atoms with van der Waals surface area (Å²) >= 11 is 0. The van der Waals surface area contributed by atoms with E-state index in [4.69, 9.17) is 9.84 Å². The second kappa shape index (κ2) is 3.51. The number of likely N-dealkylation sites (tertiary alicyclic amines) is 1. The van der Waals surface area contributed by atoms with E-state index < -0.39 is 6.09 Å². The smallest absolute Gasteiger partial charge is 0.407 e. The Hall–Kier alpha value is -0.810. The lowest BCUT2D eigenvalue weighted by Gasteiger charge is -2.45. The van der Waals surface area contributed by atoms with Gasteiger partial charge in [-0.3, -0.25) is 4.90 Å². The lowest BCUT2D eigenvalue weighted by Crippen LogP contribution is -2.62. The van der Waals surface area contributed by atoms with Gasteiger partial charge in [-0.05, 0) is 0 Å². The highest BCUT2D eigenvalue weighted by Crippen LogP contribution is 2.15. The van der Waals surface area contributed by atoms with Gasteiger partial charge in [0.05, 0.1) is 13.2 Å². The molecule has 13 heavy (non-hydrogen) atoms. The second-order valence-electron chi connectivity index (χ2n) is 3.49. The van der Waals surface area contributed by atoms with E-state index in [1.54, 1.807) is 0 Å². The van der Waals surface area contributed by atoms with Crippen molar-refractivity contribution in [2.45, 2.75) is 6.04 Å². The molecule has 2 aliphatic heterocycles. The van der Waals surface area contributed by atoms with Crippen LogP contribution in [0.25, 0.3) is 0 Å². The largest absolute Gasteiger partial charge is 0.465 e. The fraction of sp³-hybridized carbons (Fsp3) is 0.875. The Bertz CT molecular complexity index is 198. The van der Waals surface area contributed by atoms with Gasteiger partial charge in [0, 0.05) is 32.2 Å². The monoisotopic (exact) mass is 186 g/mol. The van der Waals surface area contributed by atoms with E-state index in [0.29, 0.717) is 19.1 Å². The lowest BCUT2D eigenvalue weighted by atomic mass is 10.1. The van der Waals surface area contributed by atoms with E-state index in [9.17, 15) is 4.79 Å². The van der Waals surface area contributed by atoms with Crippen molar-refractivity contribution in [3.63, 3.8) is 0 Å². The molecule has 1 N–H and O–H groups in total. The standard InChI is InChI=1S/C8H14N2O3/c11-8(12)10-5-7(6-10)9-1-3-13-4-2-9/h7H,1-6H2,(H,11,12). The summed E-state index contributed by atoms with van der Waals surface area (Å²) in [5.74, 6) is 0. The van der Waals surface area contributed by atoms with Gasteiger partial charge >= 0.3 is 6.09 Å². The van der Waals surface area contributed by atoms with E-state index in [1.165, 1.54) is 4.90 Å². The van der Waals surface area contributed by atoms with Crippen LogP contribution in [0, 0.1) is 0 Å². The van der Waals surface area contributed by atoms with Crippen LogP contribution in [-0.4, -0.2) is 66.4 Å². The minimum Gasteiger partial charge on any atom is -0.465 e. The predicted molar refractivity (Wildman–Crippen MR) is 45.8 cm³/mol. The van der Waals surface area contributed by atoms with Gasteiger partial charge in [0.2, 0.25) is 0 Å². The summed E-state index contributed by atoms with van der Waals surface area (Å²) in [6.45, 7) is 4.77. The number of morpholine rings is 1. The van der Waals surface area contributed by atoms with Crippen molar-refractivity contribution in [1.29, 1.82) is 0 Å². The number of hydrogen-bond acceptors (Lipinski definition) is 3. The Morgan fingerprint density at radius 2 is 1.92 bits per heavy atom. The van der Waals surface area contributed by atoms with Gasteiger partial charge < -0.3 is 14.7 Å². The fourth-order valence-corrected chi connectivity index (χ4v) is 1.79. The normalized spacial score (nSPS) is 25.7. The third kappa shape index (κ3) is 1.76. The number of rotatable bonds is 1. The van der Waals surface area contributed by atoms with Crippen molar-refractivity contribution < 1.29 is 14.6 Å². The Balaban J connectivity index is 1.75. The number of amides is 1. The van der Waals surface area contributed by atoms with Gasteiger partial charge in [0.1, 0.15) is 0 Å². The molecule has 0 aromatic carbocycles. The minimum atomic E-state index is -0.801. The summed E-state index contributed by atoms with van der Waals surface area (Å²) in [4.78, 5) is 14.2. The third-order valence-corrected chi connectivity index (χ3v) is 2.69. The Morgan fingerprint density at radius 1 is 1.31 bits per heavy atom. The average molecular weight is 186 g/mol. The molecule has 0 atom stereocenters. The highest BCUT2D eigenvalue weighted by Gasteiger charge is 2.34. The summed E-state index contributed by atoms with van der Waals surface area (Å²) in [6, 6.07) is 0.431. The maximum absolute atomic E-state index is 10.5. The Labute approximate surface area is 76.9 Å². The molecule has 0 spiro atoms. The predicted octanol–water partition coefficient (Wildman–Crippen LogP) is -0.319. The van der Waals surface area contributed by atoms with Crippen molar-refractivity contribution in [1.82, 2.24) is 9.80 Å². The fourth-order valence-electron chi connectivity index (χ4n) is 1.79. The van der Waals surface area contributed by atoms with E-state index in [-0.39, 0.29) is 0 Å². The molecule has 0 saturated carbocycles. The van der Waals surface area contributed by atoms with E-state index in [0.717, 1.165) is 26.3 Å². The SMILES string of the molecule is O=C(O)N1CC(N2CCOCC2)C1. The molecule has 0 radical (unpaired) electrons. The minimum absolute atomic E-state index is 0.431. The molecule has 2 rings (SSSR count). The Kier molecular flexibility index (Phi) is 2.37. The number of ether oxygens (including phenoxy) is 1. The van der Waals surface area contributed by atoms with Crippen LogP contribution in [0.4, 0.5) is 4.79 Å². The first kappa shape index (κ1) is 8.77. The van der Waals surface area contributed by atoms with Crippen molar-refractivity contribution in [3.05, 3.63) is 0 Å². The van der Waals surface area contributed by atoms with E-state index >= 15 is 0 Å². The summed E-state index contributed by atoms with van der Waals surface area (Å²) in [5, 5.41) is 8.63. The highest BCUT2D eigenvalue weighted by atomic mass is 16.5. The van der Waals surface area contributed by atoms with Gasteiger partial charge in [-0.25, -0.2) is 4.79 Å².